The van der Waals surface area contributed by atoms with E-state index in [0.717, 1.165) is 27.2 Å². The van der Waals surface area contributed by atoms with Gasteiger partial charge in [-0.3, -0.25) is 19.4 Å². The fourth-order valence-electron chi connectivity index (χ4n) is 3.87. The van der Waals surface area contributed by atoms with Crippen LogP contribution < -0.4 is 10.2 Å². The lowest BCUT2D eigenvalue weighted by Gasteiger charge is -2.20. The Labute approximate surface area is 174 Å². The van der Waals surface area contributed by atoms with Gasteiger partial charge < -0.3 is 5.32 Å². The number of anilines is 2. The zero-order valence-electron chi connectivity index (χ0n) is 17.3. The smallest absolute Gasteiger partial charge is 0.263 e. The molecule has 2 atom stereocenters. The highest BCUT2D eigenvalue weighted by Gasteiger charge is 2.55. The number of fused-ring (bicyclic) bond motifs is 1. The first-order valence-corrected chi connectivity index (χ1v) is 9.75. The van der Waals surface area contributed by atoms with Gasteiger partial charge in [0.1, 0.15) is 6.54 Å². The Hall–Kier alpha value is -3.55. The Kier molecular flexibility index (Phi) is 4.85. The van der Waals surface area contributed by atoms with E-state index >= 15 is 0 Å². The molecule has 2 aromatic rings. The van der Waals surface area contributed by atoms with Crippen molar-refractivity contribution in [2.45, 2.75) is 39.8 Å². The Morgan fingerprint density at radius 2 is 1.67 bits per heavy atom. The minimum absolute atomic E-state index is 0.169. The molecule has 0 bridgehead atoms. The van der Waals surface area contributed by atoms with Crippen molar-refractivity contribution in [3.63, 3.8) is 0 Å². The molecule has 0 radical (unpaired) electrons. The molecule has 8 nitrogen and oxygen atoms in total. The normalized spacial score (nSPS) is 20.1. The van der Waals surface area contributed by atoms with Crippen LogP contribution in [0.15, 0.2) is 46.7 Å². The molecule has 0 spiro atoms. The molecule has 154 valence electrons. The van der Waals surface area contributed by atoms with E-state index in [1.165, 1.54) is 5.01 Å². The molecule has 3 amide bonds. The molecule has 1 saturated heterocycles. The third-order valence-corrected chi connectivity index (χ3v) is 5.42. The van der Waals surface area contributed by atoms with Crippen LogP contribution in [0.1, 0.15) is 22.3 Å². The van der Waals surface area contributed by atoms with Crippen molar-refractivity contribution < 1.29 is 14.4 Å². The quantitative estimate of drug-likeness (QED) is 0.792. The highest BCUT2D eigenvalue weighted by atomic mass is 16.2. The predicted octanol–water partition coefficient (Wildman–Crippen LogP) is 2.85. The first kappa shape index (κ1) is 19.8. The Morgan fingerprint density at radius 1 is 0.967 bits per heavy atom. The average Bonchev–Trinajstić information content (AvgIpc) is 3.17. The summed E-state index contributed by atoms with van der Waals surface area (Å²) in [6, 6.07) is 9.34. The van der Waals surface area contributed by atoms with Crippen LogP contribution in [0.3, 0.4) is 0 Å². The molecule has 1 fully saturated rings. The van der Waals surface area contributed by atoms with Gasteiger partial charge in [-0.1, -0.05) is 17.4 Å². The summed E-state index contributed by atoms with van der Waals surface area (Å²) < 4.78 is 0. The third kappa shape index (κ3) is 3.45. The molecule has 2 aliphatic rings. The standard InChI is InChI=1S/C22H23N5O3/c1-12-7-13(2)9-16(8-12)23-18(28)11-26-20-19(24-25-26)21(29)27(22(20)30)17-6-5-14(3)15(4)10-17/h5-10,19-20H,11H2,1-4H3,(H,23,28)/t19-,20-/m1/s1. The molecule has 2 heterocycles. The zero-order chi connectivity index (χ0) is 21.6. The second kappa shape index (κ2) is 7.37. The van der Waals surface area contributed by atoms with Crippen LogP contribution in [0.25, 0.3) is 0 Å². The summed E-state index contributed by atoms with van der Waals surface area (Å²) in [7, 11) is 0. The molecular formula is C22H23N5O3. The average molecular weight is 405 g/mol. The van der Waals surface area contributed by atoms with Crippen molar-refractivity contribution in [1.82, 2.24) is 5.01 Å². The summed E-state index contributed by atoms with van der Waals surface area (Å²) in [4.78, 5) is 39.5. The lowest BCUT2D eigenvalue weighted by atomic mass is 10.1. The van der Waals surface area contributed by atoms with E-state index < -0.39 is 23.9 Å². The van der Waals surface area contributed by atoms with Gasteiger partial charge >= 0.3 is 0 Å². The molecule has 0 aromatic heterocycles. The Balaban J connectivity index is 1.50. The number of nitrogens with zero attached hydrogens (tertiary/aromatic N) is 4. The number of carbonyl (C=O) groups is 3. The van der Waals surface area contributed by atoms with Gasteiger partial charge in [-0.05, 0) is 74.2 Å². The molecule has 30 heavy (non-hydrogen) atoms. The van der Waals surface area contributed by atoms with Crippen molar-refractivity contribution in [3.8, 4) is 0 Å². The molecule has 0 aliphatic carbocycles. The summed E-state index contributed by atoms with van der Waals surface area (Å²) in [5.41, 5.74) is 5.31. The van der Waals surface area contributed by atoms with E-state index in [4.69, 9.17) is 0 Å². The topological polar surface area (TPSA) is 94.4 Å². The van der Waals surface area contributed by atoms with E-state index in [9.17, 15) is 14.4 Å². The van der Waals surface area contributed by atoms with Gasteiger partial charge in [0, 0.05) is 5.69 Å². The van der Waals surface area contributed by atoms with Crippen molar-refractivity contribution in [2.24, 2.45) is 10.3 Å². The molecule has 8 heteroatoms. The number of hydrogen-bond donors (Lipinski definition) is 1. The van der Waals surface area contributed by atoms with E-state index in [0.29, 0.717) is 11.4 Å². The maximum absolute atomic E-state index is 13.0. The highest BCUT2D eigenvalue weighted by molar-refractivity contribution is 6.25. The Morgan fingerprint density at radius 3 is 2.33 bits per heavy atom. The van der Waals surface area contributed by atoms with Gasteiger partial charge in [0.2, 0.25) is 5.91 Å². The van der Waals surface area contributed by atoms with Crippen LogP contribution in [-0.4, -0.2) is 41.4 Å². The Bertz CT molecular complexity index is 1070. The molecule has 0 unspecified atom stereocenters. The summed E-state index contributed by atoms with van der Waals surface area (Å²) in [5.74, 6) is -1.17. The predicted molar refractivity (Wildman–Crippen MR) is 112 cm³/mol. The van der Waals surface area contributed by atoms with E-state index in [1.807, 2.05) is 52.0 Å². The van der Waals surface area contributed by atoms with Gasteiger partial charge in [0.05, 0.1) is 5.69 Å². The number of imide groups is 1. The second-order valence-corrected chi connectivity index (χ2v) is 7.90. The van der Waals surface area contributed by atoms with Crippen LogP contribution in [0.4, 0.5) is 11.4 Å². The van der Waals surface area contributed by atoms with E-state index in [-0.39, 0.29) is 12.5 Å². The van der Waals surface area contributed by atoms with Gasteiger partial charge in [-0.25, -0.2) is 4.90 Å². The first-order valence-electron chi connectivity index (χ1n) is 9.75. The lowest BCUT2D eigenvalue weighted by molar-refractivity contribution is -0.123. The number of benzene rings is 2. The fourth-order valence-corrected chi connectivity index (χ4v) is 3.87. The number of aryl methyl sites for hydroxylation is 4. The number of amides is 3. The van der Waals surface area contributed by atoms with E-state index in [1.54, 1.807) is 12.1 Å². The first-order chi connectivity index (χ1) is 14.2. The van der Waals surface area contributed by atoms with Crippen LogP contribution in [0.2, 0.25) is 0 Å². The number of hydrogen-bond acceptors (Lipinski definition) is 6. The van der Waals surface area contributed by atoms with Crippen molar-refractivity contribution in [2.75, 3.05) is 16.8 Å². The molecular weight excluding hydrogens is 382 g/mol. The van der Waals surface area contributed by atoms with Crippen LogP contribution >= 0.6 is 0 Å². The molecule has 1 N–H and O–H groups in total. The number of carbonyl (C=O) groups excluding carboxylic acids is 3. The molecule has 0 saturated carbocycles. The molecule has 2 aliphatic heterocycles. The van der Waals surface area contributed by atoms with Gasteiger partial charge in [0.25, 0.3) is 11.8 Å². The van der Waals surface area contributed by atoms with Gasteiger partial charge in [-0.2, -0.15) is 5.11 Å². The zero-order valence-corrected chi connectivity index (χ0v) is 17.3. The maximum Gasteiger partial charge on any atom is 0.263 e. The lowest BCUT2D eigenvalue weighted by Crippen LogP contribution is -2.43. The van der Waals surface area contributed by atoms with Gasteiger partial charge in [-0.15, -0.1) is 0 Å². The summed E-state index contributed by atoms with van der Waals surface area (Å²) in [6.45, 7) is 7.62. The second-order valence-electron chi connectivity index (χ2n) is 7.90. The summed E-state index contributed by atoms with van der Waals surface area (Å²) in [6.07, 6.45) is 0. The van der Waals surface area contributed by atoms with Crippen molar-refractivity contribution in [1.29, 1.82) is 0 Å². The summed E-state index contributed by atoms with van der Waals surface area (Å²) in [5, 5.41) is 12.0. The summed E-state index contributed by atoms with van der Waals surface area (Å²) >= 11 is 0. The monoisotopic (exact) mass is 405 g/mol. The van der Waals surface area contributed by atoms with Crippen LogP contribution in [-0.2, 0) is 14.4 Å². The molecule has 4 rings (SSSR count). The van der Waals surface area contributed by atoms with Crippen molar-refractivity contribution >= 4 is 29.1 Å². The van der Waals surface area contributed by atoms with Gasteiger partial charge in [0.15, 0.2) is 12.1 Å². The molecule has 2 aromatic carbocycles. The minimum Gasteiger partial charge on any atom is -0.324 e. The number of nitrogens with one attached hydrogen (secondary N) is 1. The van der Waals surface area contributed by atoms with Crippen LogP contribution in [0, 0.1) is 27.7 Å². The van der Waals surface area contributed by atoms with E-state index in [2.05, 4.69) is 15.7 Å². The third-order valence-electron chi connectivity index (χ3n) is 5.42. The largest absolute Gasteiger partial charge is 0.324 e. The fraction of sp³-hybridized carbons (Fsp3) is 0.318. The van der Waals surface area contributed by atoms with Crippen LogP contribution in [0.5, 0.6) is 0 Å². The maximum atomic E-state index is 13.0. The minimum atomic E-state index is -0.923. The SMILES string of the molecule is Cc1cc(C)cc(NC(=O)CN2N=N[C@H]3C(=O)N(c4ccc(C)c(C)c4)C(=O)[C@@H]32)c1. The van der Waals surface area contributed by atoms with Crippen molar-refractivity contribution in [3.05, 3.63) is 58.7 Å². The number of rotatable bonds is 4. The highest BCUT2D eigenvalue weighted by Crippen LogP contribution is 2.32.